The van der Waals surface area contributed by atoms with Gasteiger partial charge in [0.1, 0.15) is 13.2 Å². The van der Waals surface area contributed by atoms with E-state index in [0.717, 1.165) is 103 Å². The number of allylic oxidation sites excluding steroid dienone is 14. The number of rotatable bonds is 45. The molecule has 0 saturated heterocycles. The van der Waals surface area contributed by atoms with Crippen LogP contribution in [0, 0.1) is 0 Å². The molecule has 0 aliphatic heterocycles. The van der Waals surface area contributed by atoms with Crippen molar-refractivity contribution >= 4 is 17.9 Å². The molecule has 0 N–H and O–H groups in total. The third kappa shape index (κ3) is 47.6. The van der Waals surface area contributed by atoms with Crippen molar-refractivity contribution in [2.75, 3.05) is 13.2 Å². The summed E-state index contributed by atoms with van der Waals surface area (Å²) in [5.41, 5.74) is 0. The summed E-state index contributed by atoms with van der Waals surface area (Å²) in [6, 6.07) is 0. The Bertz CT molecular complexity index is 1220. The van der Waals surface area contributed by atoms with E-state index in [4.69, 9.17) is 14.2 Å². The maximum absolute atomic E-state index is 12.8. The second kappa shape index (κ2) is 50.2. The summed E-state index contributed by atoms with van der Waals surface area (Å²) in [4.78, 5) is 37.9. The van der Waals surface area contributed by atoms with Gasteiger partial charge in [-0.25, -0.2) is 0 Å². The van der Waals surface area contributed by atoms with E-state index < -0.39 is 6.10 Å². The number of hydrogen-bond donors (Lipinski definition) is 0. The fourth-order valence-corrected chi connectivity index (χ4v) is 6.68. The summed E-state index contributed by atoms with van der Waals surface area (Å²) < 4.78 is 16.7. The van der Waals surface area contributed by atoms with Gasteiger partial charge in [0, 0.05) is 19.3 Å². The molecule has 1 atom stereocenters. The van der Waals surface area contributed by atoms with Gasteiger partial charge in [0.2, 0.25) is 0 Å². The minimum absolute atomic E-state index is 0.104. The first-order chi connectivity index (χ1) is 30.5. The predicted molar refractivity (Wildman–Crippen MR) is 265 cm³/mol. The van der Waals surface area contributed by atoms with Gasteiger partial charge in [-0.1, -0.05) is 189 Å². The van der Waals surface area contributed by atoms with Crippen molar-refractivity contribution in [1.29, 1.82) is 0 Å². The van der Waals surface area contributed by atoms with E-state index in [1.807, 2.05) is 0 Å². The Labute approximate surface area is 382 Å². The number of hydrogen-bond acceptors (Lipinski definition) is 6. The maximum Gasteiger partial charge on any atom is 0.306 e. The standard InChI is InChI=1S/C56H94O6/c1-4-7-10-13-16-19-22-25-27-28-29-32-34-37-40-43-46-49-55(58)61-52-53(51-60-54(57)48-45-42-39-36-33-30-24-21-18-15-12-9-6-3)62-56(59)50-47-44-41-38-35-31-26-23-20-17-14-11-8-5-2/h14,16-17,19,21,23-27,29,32,37,40,53H,4-13,15,18,20,22,28,30-31,33-36,38-39,41-52H2,1-3H3/b17-14-,19-16-,24-21-,26-23-,27-25-,32-29-,40-37-/t53-/m1/s1. The molecule has 0 rings (SSSR count). The molecular formula is C56H94O6. The van der Waals surface area contributed by atoms with Gasteiger partial charge in [-0.05, 0) is 109 Å². The topological polar surface area (TPSA) is 78.9 Å². The normalized spacial score (nSPS) is 12.8. The molecule has 0 unspecified atom stereocenters. The summed E-state index contributed by atoms with van der Waals surface area (Å²) in [7, 11) is 0. The van der Waals surface area contributed by atoms with E-state index in [9.17, 15) is 14.4 Å². The highest BCUT2D eigenvalue weighted by molar-refractivity contribution is 5.71. The molecule has 0 bridgehead atoms. The fraction of sp³-hybridized carbons (Fsp3) is 0.696. The molecule has 0 amide bonds. The lowest BCUT2D eigenvalue weighted by Crippen LogP contribution is -2.30. The number of carbonyl (C=O) groups excluding carboxylic acids is 3. The lowest BCUT2D eigenvalue weighted by atomic mass is 10.1. The first kappa shape index (κ1) is 58.6. The molecule has 6 nitrogen and oxygen atoms in total. The molecule has 62 heavy (non-hydrogen) atoms. The lowest BCUT2D eigenvalue weighted by Gasteiger charge is -2.18. The summed E-state index contributed by atoms with van der Waals surface area (Å²) >= 11 is 0. The van der Waals surface area contributed by atoms with Crippen molar-refractivity contribution in [3.63, 3.8) is 0 Å². The number of ether oxygens (including phenoxy) is 3. The van der Waals surface area contributed by atoms with Gasteiger partial charge in [-0.3, -0.25) is 14.4 Å². The van der Waals surface area contributed by atoms with Crippen molar-refractivity contribution < 1.29 is 28.6 Å². The Hall–Kier alpha value is -3.41. The van der Waals surface area contributed by atoms with Crippen molar-refractivity contribution in [1.82, 2.24) is 0 Å². The number of carbonyl (C=O) groups is 3. The molecule has 354 valence electrons. The molecule has 0 saturated carbocycles. The van der Waals surface area contributed by atoms with Crippen molar-refractivity contribution in [2.45, 2.75) is 239 Å². The Morgan fingerprint density at radius 1 is 0.323 bits per heavy atom. The van der Waals surface area contributed by atoms with Crippen molar-refractivity contribution in [3.8, 4) is 0 Å². The van der Waals surface area contributed by atoms with E-state index in [0.29, 0.717) is 19.3 Å². The van der Waals surface area contributed by atoms with E-state index in [1.165, 1.54) is 83.5 Å². The first-order valence-electron chi connectivity index (χ1n) is 25.6. The van der Waals surface area contributed by atoms with Gasteiger partial charge in [0.15, 0.2) is 6.10 Å². The van der Waals surface area contributed by atoms with Crippen LogP contribution in [0.25, 0.3) is 0 Å². The minimum atomic E-state index is -0.808. The van der Waals surface area contributed by atoms with Crippen LogP contribution >= 0.6 is 0 Å². The highest BCUT2D eigenvalue weighted by atomic mass is 16.6. The largest absolute Gasteiger partial charge is 0.462 e. The van der Waals surface area contributed by atoms with Crippen molar-refractivity contribution in [3.05, 3.63) is 85.1 Å². The van der Waals surface area contributed by atoms with E-state index >= 15 is 0 Å². The predicted octanol–water partition coefficient (Wildman–Crippen LogP) is 16.8. The van der Waals surface area contributed by atoms with Crippen LogP contribution in [0.2, 0.25) is 0 Å². The molecule has 0 aromatic heterocycles. The maximum atomic E-state index is 12.8. The molecule has 0 aromatic rings. The SMILES string of the molecule is CCCC/C=C\C/C=C\CCCCCCCC(=O)O[C@@H](COC(=O)CCC/C=C\C/C=C\C/C=C\C/C=C\CCCCC)COC(=O)CCCCCCC/C=C\CCCCCC. The molecular weight excluding hydrogens is 769 g/mol. The van der Waals surface area contributed by atoms with Crippen LogP contribution < -0.4 is 0 Å². The van der Waals surface area contributed by atoms with Crippen LogP contribution in [-0.2, 0) is 28.6 Å². The van der Waals surface area contributed by atoms with Gasteiger partial charge in [-0.15, -0.1) is 0 Å². The van der Waals surface area contributed by atoms with Crippen LogP contribution in [0.3, 0.4) is 0 Å². The van der Waals surface area contributed by atoms with Gasteiger partial charge in [0.25, 0.3) is 0 Å². The monoisotopic (exact) mass is 863 g/mol. The summed E-state index contributed by atoms with van der Waals surface area (Å²) in [5, 5.41) is 0. The van der Waals surface area contributed by atoms with E-state index in [2.05, 4.69) is 106 Å². The fourth-order valence-electron chi connectivity index (χ4n) is 6.68. The average Bonchev–Trinajstić information content (AvgIpc) is 3.27. The highest BCUT2D eigenvalue weighted by Crippen LogP contribution is 2.13. The Morgan fingerprint density at radius 3 is 1.06 bits per heavy atom. The first-order valence-corrected chi connectivity index (χ1v) is 25.6. The van der Waals surface area contributed by atoms with Crippen LogP contribution in [0.5, 0.6) is 0 Å². The molecule has 0 fully saturated rings. The van der Waals surface area contributed by atoms with Crippen LogP contribution in [0.15, 0.2) is 85.1 Å². The minimum Gasteiger partial charge on any atom is -0.462 e. The number of unbranched alkanes of at least 4 members (excludes halogenated alkanes) is 20. The van der Waals surface area contributed by atoms with Crippen LogP contribution in [-0.4, -0.2) is 37.2 Å². The van der Waals surface area contributed by atoms with Crippen molar-refractivity contribution in [2.24, 2.45) is 0 Å². The molecule has 0 aliphatic rings. The van der Waals surface area contributed by atoms with Crippen LogP contribution in [0.4, 0.5) is 0 Å². The van der Waals surface area contributed by atoms with Gasteiger partial charge in [0.05, 0.1) is 0 Å². The third-order valence-corrected chi connectivity index (χ3v) is 10.6. The molecule has 0 spiro atoms. The number of esters is 3. The lowest BCUT2D eigenvalue weighted by molar-refractivity contribution is -0.167. The summed E-state index contributed by atoms with van der Waals surface area (Å²) in [5.74, 6) is -0.987. The van der Waals surface area contributed by atoms with Crippen LogP contribution in [0.1, 0.15) is 233 Å². The summed E-state index contributed by atoms with van der Waals surface area (Å²) in [6.07, 6.45) is 64.2. The Balaban J connectivity index is 4.51. The van der Waals surface area contributed by atoms with Gasteiger partial charge in [-0.2, -0.15) is 0 Å². The van der Waals surface area contributed by atoms with E-state index in [-0.39, 0.29) is 37.5 Å². The molecule has 0 aromatic carbocycles. The second-order valence-corrected chi connectivity index (χ2v) is 16.7. The zero-order valence-electron chi connectivity index (χ0n) is 40.4. The molecule has 0 heterocycles. The van der Waals surface area contributed by atoms with Gasteiger partial charge < -0.3 is 14.2 Å². The van der Waals surface area contributed by atoms with E-state index in [1.54, 1.807) is 0 Å². The second-order valence-electron chi connectivity index (χ2n) is 16.7. The third-order valence-electron chi connectivity index (χ3n) is 10.6. The Morgan fingerprint density at radius 2 is 0.613 bits per heavy atom. The average molecular weight is 863 g/mol. The molecule has 6 heteroatoms. The Kier molecular flexibility index (Phi) is 47.5. The quantitative estimate of drug-likeness (QED) is 0.0263. The zero-order chi connectivity index (χ0) is 45.1. The smallest absolute Gasteiger partial charge is 0.306 e. The molecule has 0 aliphatic carbocycles. The zero-order valence-corrected chi connectivity index (χ0v) is 40.4. The van der Waals surface area contributed by atoms with Gasteiger partial charge >= 0.3 is 17.9 Å². The summed E-state index contributed by atoms with van der Waals surface area (Å²) in [6.45, 7) is 6.48. The molecule has 0 radical (unpaired) electrons. The highest BCUT2D eigenvalue weighted by Gasteiger charge is 2.19.